The molecule has 5 rings (SSSR count). The predicted molar refractivity (Wildman–Crippen MR) is 76.5 cm³/mol. The molecule has 4 aliphatic heterocycles. The highest BCUT2D eigenvalue weighted by atomic mass is 17.3. The number of hydroxylamine groups is 1. The fourth-order valence-corrected chi connectivity index (χ4v) is 5.59. The van der Waals surface area contributed by atoms with Crippen molar-refractivity contribution in [3.05, 3.63) is 0 Å². The summed E-state index contributed by atoms with van der Waals surface area (Å²) >= 11 is 0. The van der Waals surface area contributed by atoms with E-state index in [2.05, 4.69) is 5.48 Å². The van der Waals surface area contributed by atoms with E-state index in [1.54, 1.807) is 0 Å². The molecule has 1 aliphatic carbocycles. The summed E-state index contributed by atoms with van der Waals surface area (Å²) in [6.07, 6.45) is 3.90. The summed E-state index contributed by atoms with van der Waals surface area (Å²) < 4.78 is 6.14. The van der Waals surface area contributed by atoms with Crippen molar-refractivity contribution < 1.29 is 24.2 Å². The molecule has 0 radical (unpaired) electrons. The molecule has 2 bridgehead atoms. The molecule has 0 spiro atoms. The molecule has 23 heavy (non-hydrogen) atoms. The van der Waals surface area contributed by atoms with Gasteiger partial charge in [-0.2, -0.15) is 5.48 Å². The van der Waals surface area contributed by atoms with Crippen LogP contribution < -0.4 is 5.48 Å². The summed E-state index contributed by atoms with van der Waals surface area (Å²) in [4.78, 5) is 37.7. The Morgan fingerprint density at radius 1 is 1.09 bits per heavy atom. The lowest BCUT2D eigenvalue weighted by Gasteiger charge is -2.35. The normalized spacial score (nSPS) is 54.7. The number of nitrogens with zero attached hydrogens (tertiary/aromatic N) is 1. The first kappa shape index (κ1) is 14.3. The number of fused-ring (bicyclic) bond motifs is 6. The van der Waals surface area contributed by atoms with Gasteiger partial charge >= 0.3 is 0 Å². The third-order valence-corrected chi connectivity index (χ3v) is 6.74. The lowest BCUT2D eigenvalue weighted by atomic mass is 9.69. The topological polar surface area (TPSA) is 77.1 Å². The first-order valence-electron chi connectivity index (χ1n) is 8.58. The standard InChI is InChI=1S/C16H22N2O5/c1-15-5-6-16(2,22-15)12-11(15)13(19)18(14(12)20)8-3-4-9-10(7-8)21-23-17-9/h8-12,17H,3-7H2,1-2H3/t8?,9?,10?,11-,12+,15?,16?. The van der Waals surface area contributed by atoms with Gasteiger partial charge in [-0.1, -0.05) is 0 Å². The van der Waals surface area contributed by atoms with Crippen LogP contribution in [0, 0.1) is 11.8 Å². The molecular formula is C16H22N2O5. The molecule has 126 valence electrons. The Kier molecular flexibility index (Phi) is 2.70. The second-order valence-electron chi connectivity index (χ2n) is 8.14. The number of nitrogens with one attached hydrogen (secondary N) is 1. The van der Waals surface area contributed by atoms with Gasteiger partial charge < -0.3 is 4.74 Å². The molecule has 4 heterocycles. The van der Waals surface area contributed by atoms with Crippen LogP contribution in [0.5, 0.6) is 0 Å². The van der Waals surface area contributed by atoms with E-state index in [9.17, 15) is 9.59 Å². The van der Waals surface area contributed by atoms with Crippen molar-refractivity contribution >= 4 is 11.8 Å². The Labute approximate surface area is 134 Å². The van der Waals surface area contributed by atoms with Crippen molar-refractivity contribution in [3.63, 3.8) is 0 Å². The van der Waals surface area contributed by atoms with Gasteiger partial charge in [0, 0.05) is 6.04 Å². The molecule has 7 nitrogen and oxygen atoms in total. The van der Waals surface area contributed by atoms with E-state index in [-0.39, 0.29) is 41.8 Å². The lowest BCUT2D eigenvalue weighted by Crippen LogP contribution is -2.50. The first-order chi connectivity index (χ1) is 10.9. The number of imide groups is 1. The highest BCUT2D eigenvalue weighted by Crippen LogP contribution is 2.61. The maximum atomic E-state index is 13.1. The van der Waals surface area contributed by atoms with Crippen LogP contribution in [0.2, 0.25) is 0 Å². The predicted octanol–water partition coefficient (Wildman–Crippen LogP) is 0.685. The van der Waals surface area contributed by atoms with Gasteiger partial charge in [-0.25, -0.2) is 4.89 Å². The average molecular weight is 322 g/mol. The number of amides is 2. The number of carbonyl (C=O) groups excluding carboxylic acids is 2. The summed E-state index contributed by atoms with van der Waals surface area (Å²) in [5.74, 6) is -0.710. The third-order valence-electron chi connectivity index (χ3n) is 6.74. The van der Waals surface area contributed by atoms with Crippen LogP contribution >= 0.6 is 0 Å². The molecule has 5 aliphatic rings. The van der Waals surface area contributed by atoms with E-state index in [4.69, 9.17) is 14.6 Å². The molecule has 1 N–H and O–H groups in total. The van der Waals surface area contributed by atoms with Gasteiger partial charge in [0.1, 0.15) is 6.10 Å². The maximum Gasteiger partial charge on any atom is 0.236 e. The Balaban J connectivity index is 1.45. The minimum atomic E-state index is -0.480. The SMILES string of the molecule is CC12CCC(C)(O1)[C@H]1C(=O)N(C3CCC4NOOC4C3)C(=O)[C@H]12. The minimum Gasteiger partial charge on any atom is -0.367 e. The fraction of sp³-hybridized carbons (Fsp3) is 0.875. The average Bonchev–Trinajstić information content (AvgIpc) is 3.19. The quantitative estimate of drug-likeness (QED) is 0.565. The van der Waals surface area contributed by atoms with Crippen molar-refractivity contribution in [2.45, 2.75) is 75.3 Å². The number of likely N-dealkylation sites (tertiary alicyclic amines) is 1. The van der Waals surface area contributed by atoms with Crippen LogP contribution in [0.25, 0.3) is 0 Å². The molecule has 0 aromatic rings. The number of hydrogen-bond acceptors (Lipinski definition) is 6. The molecule has 0 aromatic carbocycles. The minimum absolute atomic E-state index is 0.0405. The Hall–Kier alpha value is -1.02. The van der Waals surface area contributed by atoms with E-state index < -0.39 is 11.2 Å². The molecule has 2 amide bonds. The van der Waals surface area contributed by atoms with Gasteiger partial charge in [0.15, 0.2) is 0 Å². The molecule has 7 heteroatoms. The smallest absolute Gasteiger partial charge is 0.236 e. The van der Waals surface area contributed by atoms with Gasteiger partial charge in [0.2, 0.25) is 11.8 Å². The van der Waals surface area contributed by atoms with Crippen molar-refractivity contribution in [2.75, 3.05) is 0 Å². The Morgan fingerprint density at radius 3 is 2.39 bits per heavy atom. The van der Waals surface area contributed by atoms with Crippen molar-refractivity contribution in [1.82, 2.24) is 10.4 Å². The Morgan fingerprint density at radius 2 is 1.74 bits per heavy atom. The first-order valence-corrected chi connectivity index (χ1v) is 8.58. The summed E-state index contributed by atoms with van der Waals surface area (Å²) in [6, 6.07) is 0.0741. The fourth-order valence-electron chi connectivity index (χ4n) is 5.59. The summed E-state index contributed by atoms with van der Waals surface area (Å²) in [6.45, 7) is 3.98. The number of rotatable bonds is 1. The molecule has 4 saturated heterocycles. The van der Waals surface area contributed by atoms with E-state index in [1.807, 2.05) is 13.8 Å². The number of hydrogen-bond donors (Lipinski definition) is 1. The second-order valence-corrected chi connectivity index (χ2v) is 8.14. The molecular weight excluding hydrogens is 300 g/mol. The van der Waals surface area contributed by atoms with Crippen molar-refractivity contribution in [3.8, 4) is 0 Å². The van der Waals surface area contributed by atoms with Gasteiger partial charge in [0.25, 0.3) is 0 Å². The zero-order valence-corrected chi connectivity index (χ0v) is 13.4. The molecule has 0 aromatic heterocycles. The lowest BCUT2D eigenvalue weighted by molar-refractivity contribution is -0.308. The van der Waals surface area contributed by atoms with Crippen LogP contribution in [-0.4, -0.2) is 46.1 Å². The van der Waals surface area contributed by atoms with E-state index in [0.717, 1.165) is 25.7 Å². The van der Waals surface area contributed by atoms with Crippen LogP contribution in [0.4, 0.5) is 0 Å². The van der Waals surface area contributed by atoms with Gasteiger partial charge in [-0.15, -0.1) is 4.99 Å². The van der Waals surface area contributed by atoms with Crippen molar-refractivity contribution in [1.29, 1.82) is 0 Å². The highest BCUT2D eigenvalue weighted by Gasteiger charge is 2.72. The largest absolute Gasteiger partial charge is 0.367 e. The monoisotopic (exact) mass is 322 g/mol. The van der Waals surface area contributed by atoms with E-state index >= 15 is 0 Å². The van der Waals surface area contributed by atoms with Crippen LogP contribution in [0.1, 0.15) is 46.0 Å². The van der Waals surface area contributed by atoms with Crippen molar-refractivity contribution in [2.24, 2.45) is 11.8 Å². The van der Waals surface area contributed by atoms with Crippen LogP contribution in [0.3, 0.4) is 0 Å². The molecule has 5 fully saturated rings. The highest BCUT2D eigenvalue weighted by molar-refractivity contribution is 6.07. The van der Waals surface area contributed by atoms with Crippen LogP contribution in [-0.2, 0) is 24.2 Å². The number of carbonyl (C=O) groups is 2. The van der Waals surface area contributed by atoms with Gasteiger partial charge in [-0.05, 0) is 46.0 Å². The zero-order valence-electron chi connectivity index (χ0n) is 13.4. The zero-order chi connectivity index (χ0) is 16.0. The van der Waals surface area contributed by atoms with Gasteiger partial charge in [-0.3, -0.25) is 14.5 Å². The van der Waals surface area contributed by atoms with Crippen LogP contribution in [0.15, 0.2) is 0 Å². The second kappa shape index (κ2) is 4.33. The summed E-state index contributed by atoms with van der Waals surface area (Å²) in [5, 5.41) is 0. The van der Waals surface area contributed by atoms with Gasteiger partial charge in [0.05, 0.1) is 29.1 Å². The third kappa shape index (κ3) is 1.68. The summed E-state index contributed by atoms with van der Waals surface area (Å²) in [5.41, 5.74) is 1.88. The number of ether oxygens (including phenoxy) is 1. The molecule has 5 unspecified atom stereocenters. The molecule has 1 saturated carbocycles. The molecule has 7 atom stereocenters. The maximum absolute atomic E-state index is 13.1. The van der Waals surface area contributed by atoms with E-state index in [0.29, 0.717) is 6.42 Å². The van der Waals surface area contributed by atoms with E-state index in [1.165, 1.54) is 4.90 Å². The summed E-state index contributed by atoms with van der Waals surface area (Å²) in [7, 11) is 0. The Bertz CT molecular complexity index is 563.